The van der Waals surface area contributed by atoms with Crippen LogP contribution in [0.25, 0.3) is 0 Å². The maximum absolute atomic E-state index is 12.7. The van der Waals surface area contributed by atoms with Crippen molar-refractivity contribution in [1.29, 1.82) is 0 Å². The zero-order valence-corrected chi connectivity index (χ0v) is 21.3. The minimum atomic E-state index is -0.447. The predicted octanol–water partition coefficient (Wildman–Crippen LogP) is 4.94. The van der Waals surface area contributed by atoms with Gasteiger partial charge in [-0.3, -0.25) is 4.79 Å². The standard InChI is InChI=1S/C28H32N4O5/c1-4-23(33)16-25(34)26-27(30-17-20-10-12-24(36-3)13-11-20)31-22(18-29-26)14-15-32(2)28(35)37-19-21-8-6-5-7-9-21/h5-13,16,18,33H,4,14-15,17,19H2,1-3H3,(H,30,31). The normalized spacial score (nSPS) is 11.1. The number of likely N-dealkylation sites (N-methyl/N-ethyl adjacent to an activating group) is 1. The molecule has 37 heavy (non-hydrogen) atoms. The van der Waals surface area contributed by atoms with Gasteiger partial charge >= 0.3 is 6.09 Å². The smallest absolute Gasteiger partial charge is 0.409 e. The number of rotatable bonds is 12. The van der Waals surface area contributed by atoms with Crippen LogP contribution < -0.4 is 10.1 Å². The number of hydrogen-bond donors (Lipinski definition) is 2. The maximum Gasteiger partial charge on any atom is 0.409 e. The lowest BCUT2D eigenvalue weighted by Crippen LogP contribution is -2.29. The van der Waals surface area contributed by atoms with E-state index in [1.165, 1.54) is 11.1 Å². The Morgan fingerprint density at radius 3 is 2.49 bits per heavy atom. The molecule has 3 rings (SSSR count). The first-order valence-electron chi connectivity index (χ1n) is 12.0. The van der Waals surface area contributed by atoms with Crippen LogP contribution >= 0.6 is 0 Å². The molecule has 9 heteroatoms. The lowest BCUT2D eigenvalue weighted by atomic mass is 10.2. The average Bonchev–Trinajstić information content (AvgIpc) is 2.94. The largest absolute Gasteiger partial charge is 0.512 e. The van der Waals surface area contributed by atoms with Crippen LogP contribution in [-0.4, -0.2) is 52.6 Å². The quantitative estimate of drug-likeness (QED) is 0.202. The molecule has 2 aromatic carbocycles. The van der Waals surface area contributed by atoms with E-state index in [0.717, 1.165) is 23.0 Å². The minimum Gasteiger partial charge on any atom is -0.512 e. The summed E-state index contributed by atoms with van der Waals surface area (Å²) in [5.74, 6) is 0.561. The molecule has 3 aromatic rings. The van der Waals surface area contributed by atoms with Crippen molar-refractivity contribution in [3.05, 3.63) is 95.1 Å². The molecule has 0 atom stereocenters. The van der Waals surface area contributed by atoms with Crippen molar-refractivity contribution in [3.8, 4) is 5.75 Å². The van der Waals surface area contributed by atoms with E-state index in [9.17, 15) is 14.7 Å². The van der Waals surface area contributed by atoms with Gasteiger partial charge in [-0.15, -0.1) is 0 Å². The number of methoxy groups -OCH3 is 1. The van der Waals surface area contributed by atoms with Crippen LogP contribution in [0.1, 0.15) is 40.7 Å². The number of carbonyl (C=O) groups excluding carboxylic acids is 2. The fourth-order valence-electron chi connectivity index (χ4n) is 3.30. The van der Waals surface area contributed by atoms with Gasteiger partial charge in [0, 0.05) is 45.3 Å². The Kier molecular flexibility index (Phi) is 10.0. The SMILES string of the molecule is CCC(O)=CC(=O)c1ncc(CCN(C)C(=O)OCc2ccccc2)nc1NCc1ccc(OC)cc1. The van der Waals surface area contributed by atoms with Crippen LogP contribution in [0.15, 0.2) is 72.6 Å². The van der Waals surface area contributed by atoms with Crippen molar-refractivity contribution in [1.82, 2.24) is 14.9 Å². The highest BCUT2D eigenvalue weighted by molar-refractivity contribution is 6.06. The predicted molar refractivity (Wildman–Crippen MR) is 141 cm³/mol. The Morgan fingerprint density at radius 1 is 1.08 bits per heavy atom. The van der Waals surface area contributed by atoms with Crippen LogP contribution in [0, 0.1) is 0 Å². The molecule has 1 heterocycles. The van der Waals surface area contributed by atoms with Gasteiger partial charge in [0.25, 0.3) is 0 Å². The highest BCUT2D eigenvalue weighted by Crippen LogP contribution is 2.17. The van der Waals surface area contributed by atoms with Gasteiger partial charge in [-0.2, -0.15) is 0 Å². The molecule has 0 radical (unpaired) electrons. The van der Waals surface area contributed by atoms with Gasteiger partial charge in [0.2, 0.25) is 5.78 Å². The monoisotopic (exact) mass is 504 g/mol. The Balaban J connectivity index is 1.68. The van der Waals surface area contributed by atoms with E-state index >= 15 is 0 Å². The third-order valence-electron chi connectivity index (χ3n) is 5.55. The van der Waals surface area contributed by atoms with Crippen molar-refractivity contribution in [2.45, 2.75) is 32.9 Å². The number of allylic oxidation sites excluding steroid dienone is 2. The van der Waals surface area contributed by atoms with Crippen LogP contribution in [0.5, 0.6) is 5.75 Å². The highest BCUT2D eigenvalue weighted by atomic mass is 16.6. The van der Waals surface area contributed by atoms with Gasteiger partial charge in [-0.05, 0) is 23.3 Å². The maximum atomic E-state index is 12.7. The van der Waals surface area contributed by atoms with E-state index in [1.807, 2.05) is 54.6 Å². The summed E-state index contributed by atoms with van der Waals surface area (Å²) < 4.78 is 10.6. The number of amides is 1. The van der Waals surface area contributed by atoms with Crippen LogP contribution in [0.4, 0.5) is 10.6 Å². The lowest BCUT2D eigenvalue weighted by molar-refractivity contribution is 0.103. The third-order valence-corrected chi connectivity index (χ3v) is 5.55. The van der Waals surface area contributed by atoms with Gasteiger partial charge in [-0.1, -0.05) is 49.4 Å². The summed E-state index contributed by atoms with van der Waals surface area (Å²) in [5.41, 5.74) is 2.57. The second-order valence-corrected chi connectivity index (χ2v) is 8.33. The van der Waals surface area contributed by atoms with Crippen molar-refractivity contribution in [3.63, 3.8) is 0 Å². The number of carbonyl (C=O) groups is 2. The molecule has 0 aliphatic carbocycles. The highest BCUT2D eigenvalue weighted by Gasteiger charge is 2.16. The summed E-state index contributed by atoms with van der Waals surface area (Å²) in [6, 6.07) is 17.0. The summed E-state index contributed by atoms with van der Waals surface area (Å²) >= 11 is 0. The van der Waals surface area contributed by atoms with Crippen LogP contribution in [-0.2, 0) is 24.3 Å². The number of ketones is 1. The summed E-state index contributed by atoms with van der Waals surface area (Å²) in [5, 5.41) is 13.0. The Morgan fingerprint density at radius 2 is 1.81 bits per heavy atom. The number of hydrogen-bond acceptors (Lipinski definition) is 8. The third kappa shape index (κ3) is 8.34. The summed E-state index contributed by atoms with van der Waals surface area (Å²) in [6.45, 7) is 2.69. The van der Waals surface area contributed by atoms with Crippen molar-refractivity contribution in [2.75, 3.05) is 26.0 Å². The number of aliphatic hydroxyl groups is 1. The second kappa shape index (κ2) is 13.6. The molecular formula is C28H32N4O5. The van der Waals surface area contributed by atoms with Crippen LogP contribution in [0.2, 0.25) is 0 Å². The molecular weight excluding hydrogens is 472 g/mol. The van der Waals surface area contributed by atoms with Gasteiger partial charge in [0.05, 0.1) is 18.6 Å². The van der Waals surface area contributed by atoms with Gasteiger partial charge in [-0.25, -0.2) is 14.8 Å². The fourth-order valence-corrected chi connectivity index (χ4v) is 3.30. The molecule has 2 N–H and O–H groups in total. The number of ether oxygens (including phenoxy) is 2. The van der Waals surface area contributed by atoms with Gasteiger partial charge < -0.3 is 24.8 Å². The van der Waals surface area contributed by atoms with Crippen molar-refractivity contribution >= 4 is 17.7 Å². The zero-order chi connectivity index (χ0) is 26.6. The molecule has 0 aliphatic rings. The number of aromatic nitrogens is 2. The molecule has 1 amide bonds. The summed E-state index contributed by atoms with van der Waals surface area (Å²) in [7, 11) is 3.26. The van der Waals surface area contributed by atoms with E-state index in [4.69, 9.17) is 9.47 Å². The Bertz CT molecular complexity index is 1210. The fraction of sp³-hybridized carbons (Fsp3) is 0.286. The van der Waals surface area contributed by atoms with E-state index in [1.54, 1.807) is 21.1 Å². The molecule has 0 fully saturated rings. The minimum absolute atomic E-state index is 0.0346. The molecule has 0 bridgehead atoms. The molecule has 1 aromatic heterocycles. The lowest BCUT2D eigenvalue weighted by Gasteiger charge is -2.17. The first-order valence-corrected chi connectivity index (χ1v) is 12.0. The van der Waals surface area contributed by atoms with Crippen molar-refractivity contribution < 1.29 is 24.2 Å². The second-order valence-electron chi connectivity index (χ2n) is 8.33. The van der Waals surface area contributed by atoms with Crippen molar-refractivity contribution in [2.24, 2.45) is 0 Å². The van der Waals surface area contributed by atoms with Gasteiger partial charge in [0.1, 0.15) is 12.4 Å². The van der Waals surface area contributed by atoms with E-state index in [2.05, 4.69) is 15.3 Å². The molecule has 0 unspecified atom stereocenters. The number of nitrogens with zero attached hydrogens (tertiary/aromatic N) is 3. The zero-order valence-electron chi connectivity index (χ0n) is 21.3. The number of nitrogens with one attached hydrogen (secondary N) is 1. The number of aliphatic hydroxyl groups excluding tert-OH is 1. The first-order chi connectivity index (χ1) is 17.9. The Hall–Kier alpha value is -4.40. The molecule has 0 saturated carbocycles. The van der Waals surface area contributed by atoms with E-state index < -0.39 is 11.9 Å². The number of anilines is 1. The van der Waals surface area contributed by atoms with E-state index in [-0.39, 0.29) is 18.1 Å². The number of benzene rings is 2. The first kappa shape index (κ1) is 27.2. The summed E-state index contributed by atoms with van der Waals surface area (Å²) in [6.07, 6.45) is 2.95. The summed E-state index contributed by atoms with van der Waals surface area (Å²) in [4.78, 5) is 35.5. The average molecular weight is 505 g/mol. The van der Waals surface area contributed by atoms with E-state index in [0.29, 0.717) is 37.4 Å². The Labute approximate surface area is 216 Å². The molecule has 9 nitrogen and oxygen atoms in total. The molecule has 0 saturated heterocycles. The molecule has 0 spiro atoms. The van der Waals surface area contributed by atoms with Gasteiger partial charge in [0.15, 0.2) is 11.5 Å². The van der Waals surface area contributed by atoms with Crippen LogP contribution in [0.3, 0.4) is 0 Å². The molecule has 194 valence electrons. The topological polar surface area (TPSA) is 114 Å². The molecule has 0 aliphatic heterocycles.